The number of fused-ring (bicyclic) bond motifs is 12. The fraction of sp³-hybridized carbons (Fsp3) is 0. The smallest absolute Gasteiger partial charge is 0.238 e. The van der Waals surface area contributed by atoms with E-state index in [1.807, 2.05) is 60.9 Å². The molecule has 0 aliphatic carbocycles. The lowest BCUT2D eigenvalue weighted by Gasteiger charge is -2.15. The molecule has 0 aliphatic heterocycles. The van der Waals surface area contributed by atoms with Crippen molar-refractivity contribution in [2.24, 2.45) is 0 Å². The molecule has 0 radical (unpaired) electrons. The molecule has 6 aromatic carbocycles. The minimum Gasteiger partial charge on any atom is -0.309 e. The lowest BCUT2D eigenvalue weighted by Crippen LogP contribution is -2.07. The molecule has 0 bridgehead atoms. The van der Waals surface area contributed by atoms with E-state index in [1.165, 1.54) is 10.9 Å². The molecule has 6 aromatic heterocycles. The minimum atomic E-state index is 0.537. The van der Waals surface area contributed by atoms with Crippen LogP contribution < -0.4 is 0 Å². The summed E-state index contributed by atoms with van der Waals surface area (Å²) in [6.45, 7) is 0. The van der Waals surface area contributed by atoms with Crippen molar-refractivity contribution in [3.05, 3.63) is 188 Å². The highest BCUT2D eigenvalue weighted by atomic mass is 15.2. The zero-order valence-electron chi connectivity index (χ0n) is 31.0. The van der Waals surface area contributed by atoms with Crippen molar-refractivity contribution in [2.45, 2.75) is 0 Å². The molecule has 0 unspecified atom stereocenters. The summed E-state index contributed by atoms with van der Waals surface area (Å²) in [6, 6.07) is 61.2. The molecule has 0 saturated carbocycles. The Hall–Kier alpha value is -8.03. The Kier molecular flexibility index (Phi) is 7.09. The number of rotatable bonds is 5. The molecule has 12 rings (SSSR count). The van der Waals surface area contributed by atoms with Crippen molar-refractivity contribution < 1.29 is 0 Å². The molecule has 7 nitrogen and oxygen atoms in total. The van der Waals surface area contributed by atoms with Crippen molar-refractivity contribution >= 4 is 59.9 Å². The Balaban J connectivity index is 1.20. The highest BCUT2D eigenvalue weighted by molar-refractivity contribution is 6.28. The number of para-hydroxylation sites is 3. The molecule has 0 amide bonds. The third-order valence-electron chi connectivity index (χ3n) is 11.2. The molecule has 6 heterocycles. The second kappa shape index (κ2) is 12.8. The summed E-state index contributed by atoms with van der Waals surface area (Å²) in [5, 5.41) is 6.92. The van der Waals surface area contributed by atoms with Crippen molar-refractivity contribution in [1.29, 1.82) is 0 Å². The third-order valence-corrected chi connectivity index (χ3v) is 11.2. The van der Waals surface area contributed by atoms with Crippen molar-refractivity contribution in [3.8, 4) is 51.2 Å². The predicted octanol–water partition coefficient (Wildman–Crippen LogP) is 12.1. The van der Waals surface area contributed by atoms with E-state index < -0.39 is 0 Å². The average Bonchev–Trinajstić information content (AvgIpc) is 3.86. The molecular weight excluding hydrogens is 711 g/mol. The SMILES string of the molecule is c1ccc(-c2cccc(-c3nc(-c4cccc(-c5ccccn5)c4)nc(-n4c5ccccc5c5ccc6c(c7ccccc7n7c8ccccc8cc67)c54)n3)c2)nc1. The molecule has 0 aliphatic rings. The zero-order valence-corrected chi connectivity index (χ0v) is 31.0. The van der Waals surface area contributed by atoms with Gasteiger partial charge in [0.1, 0.15) is 0 Å². The van der Waals surface area contributed by atoms with E-state index in [4.69, 9.17) is 15.0 Å². The van der Waals surface area contributed by atoms with Crippen LogP contribution in [0.2, 0.25) is 0 Å². The van der Waals surface area contributed by atoms with Crippen LogP contribution in [0.25, 0.3) is 111 Å². The molecule has 0 fully saturated rings. The minimum absolute atomic E-state index is 0.537. The van der Waals surface area contributed by atoms with Gasteiger partial charge in [-0.1, -0.05) is 115 Å². The number of benzene rings is 6. The third kappa shape index (κ3) is 4.97. The quantitative estimate of drug-likeness (QED) is 0.164. The molecule has 0 saturated heterocycles. The summed E-state index contributed by atoms with van der Waals surface area (Å²) in [5.74, 6) is 1.67. The van der Waals surface area contributed by atoms with Crippen molar-refractivity contribution in [3.63, 3.8) is 0 Å². The van der Waals surface area contributed by atoms with Gasteiger partial charge >= 0.3 is 0 Å². The monoisotopic (exact) mass is 741 g/mol. The summed E-state index contributed by atoms with van der Waals surface area (Å²) in [7, 11) is 0. The first-order valence-electron chi connectivity index (χ1n) is 19.3. The zero-order chi connectivity index (χ0) is 38.2. The topological polar surface area (TPSA) is 73.8 Å². The number of nitrogens with zero attached hydrogens (tertiary/aromatic N) is 7. The predicted molar refractivity (Wildman–Crippen MR) is 235 cm³/mol. The second-order valence-electron chi connectivity index (χ2n) is 14.6. The van der Waals surface area contributed by atoms with Crippen molar-refractivity contribution in [1.82, 2.24) is 33.9 Å². The summed E-state index contributed by atoms with van der Waals surface area (Å²) >= 11 is 0. The van der Waals surface area contributed by atoms with E-state index in [1.54, 1.807) is 0 Å². The standard InChI is InChI=1S/C51H31N7/c1-4-22-43-34(13-1)31-46-40-26-25-38-37-18-2-5-23-44(37)58(48(38)47(40)39-19-3-6-24-45(39)57(43)46)51-55-49(35-16-11-14-32(29-35)41-20-7-9-27-52-41)54-50(56-51)36-17-12-15-33(30-36)42-21-8-10-28-53-42/h1-31H. The number of hydrogen-bond donors (Lipinski definition) is 0. The normalized spacial score (nSPS) is 11.8. The fourth-order valence-electron chi connectivity index (χ4n) is 8.67. The molecule has 7 heteroatoms. The van der Waals surface area contributed by atoms with Gasteiger partial charge in [-0.3, -0.25) is 14.5 Å². The van der Waals surface area contributed by atoms with E-state index in [0.717, 1.165) is 82.6 Å². The van der Waals surface area contributed by atoms with Gasteiger partial charge in [0.05, 0.1) is 39.0 Å². The van der Waals surface area contributed by atoms with Crippen molar-refractivity contribution in [2.75, 3.05) is 0 Å². The van der Waals surface area contributed by atoms with Gasteiger partial charge in [0, 0.05) is 67.0 Å². The van der Waals surface area contributed by atoms with Gasteiger partial charge in [-0.15, -0.1) is 0 Å². The molecule has 12 aromatic rings. The van der Waals surface area contributed by atoms with Crippen LogP contribution in [0.4, 0.5) is 0 Å². The number of hydrogen-bond acceptors (Lipinski definition) is 5. The van der Waals surface area contributed by atoms with Crippen LogP contribution in [0.1, 0.15) is 0 Å². The highest BCUT2D eigenvalue weighted by Gasteiger charge is 2.23. The second-order valence-corrected chi connectivity index (χ2v) is 14.6. The maximum absolute atomic E-state index is 5.37. The van der Waals surface area contributed by atoms with Gasteiger partial charge in [-0.2, -0.15) is 9.97 Å². The van der Waals surface area contributed by atoms with Crippen LogP contribution in [0.3, 0.4) is 0 Å². The van der Waals surface area contributed by atoms with Crippen LogP contribution in [0, 0.1) is 0 Å². The molecule has 270 valence electrons. The molecule has 0 spiro atoms. The van der Waals surface area contributed by atoms with Crippen LogP contribution in [-0.4, -0.2) is 33.9 Å². The Morgan fingerprint density at radius 1 is 0.362 bits per heavy atom. The van der Waals surface area contributed by atoms with E-state index in [2.05, 4.69) is 146 Å². The first-order chi connectivity index (χ1) is 28.8. The summed E-state index contributed by atoms with van der Waals surface area (Å²) in [6.07, 6.45) is 3.63. The number of aromatic nitrogens is 7. The highest BCUT2D eigenvalue weighted by Crippen LogP contribution is 2.42. The summed E-state index contributed by atoms with van der Waals surface area (Å²) in [5.41, 5.74) is 11.0. The Bertz CT molecular complexity index is 3470. The average molecular weight is 742 g/mol. The Morgan fingerprint density at radius 2 is 0.914 bits per heavy atom. The number of pyridine rings is 3. The maximum atomic E-state index is 5.37. The molecular formula is C51H31N7. The van der Waals surface area contributed by atoms with Crippen LogP contribution >= 0.6 is 0 Å². The molecule has 0 N–H and O–H groups in total. The van der Waals surface area contributed by atoms with Crippen LogP contribution in [0.5, 0.6) is 0 Å². The lowest BCUT2D eigenvalue weighted by molar-refractivity contribution is 0.955. The van der Waals surface area contributed by atoms with Gasteiger partial charge in [0.2, 0.25) is 5.95 Å². The van der Waals surface area contributed by atoms with E-state index >= 15 is 0 Å². The first kappa shape index (κ1) is 32.2. The molecule has 0 atom stereocenters. The van der Waals surface area contributed by atoms with E-state index in [0.29, 0.717) is 17.6 Å². The fourth-order valence-corrected chi connectivity index (χ4v) is 8.67. The van der Waals surface area contributed by atoms with Gasteiger partial charge in [0.25, 0.3) is 0 Å². The van der Waals surface area contributed by atoms with E-state index in [9.17, 15) is 0 Å². The summed E-state index contributed by atoms with van der Waals surface area (Å²) in [4.78, 5) is 25.2. The van der Waals surface area contributed by atoms with Crippen LogP contribution in [0.15, 0.2) is 188 Å². The van der Waals surface area contributed by atoms with E-state index in [-0.39, 0.29) is 0 Å². The van der Waals surface area contributed by atoms with Gasteiger partial charge in [-0.05, 0) is 60.7 Å². The van der Waals surface area contributed by atoms with Gasteiger partial charge in [0.15, 0.2) is 11.6 Å². The van der Waals surface area contributed by atoms with Gasteiger partial charge in [-0.25, -0.2) is 4.98 Å². The molecule has 58 heavy (non-hydrogen) atoms. The maximum Gasteiger partial charge on any atom is 0.238 e. The van der Waals surface area contributed by atoms with Crippen LogP contribution in [-0.2, 0) is 0 Å². The largest absolute Gasteiger partial charge is 0.309 e. The Labute approximate surface area is 332 Å². The lowest BCUT2D eigenvalue weighted by atomic mass is 10.0. The van der Waals surface area contributed by atoms with Gasteiger partial charge < -0.3 is 4.40 Å². The Morgan fingerprint density at radius 3 is 1.59 bits per heavy atom. The first-order valence-corrected chi connectivity index (χ1v) is 19.3. The summed E-state index contributed by atoms with van der Waals surface area (Å²) < 4.78 is 4.65.